The van der Waals surface area contributed by atoms with E-state index in [1.165, 1.54) is 33.4 Å². The Morgan fingerprint density at radius 3 is 1.52 bits per heavy atom. The molecule has 5 heterocycles. The molecule has 5 aromatic carbocycles. The van der Waals surface area contributed by atoms with Crippen molar-refractivity contribution >= 4 is 6.01 Å². The summed E-state index contributed by atoms with van der Waals surface area (Å²) in [6, 6.07) is 65.8. The van der Waals surface area contributed by atoms with Crippen LogP contribution in [0.4, 0.5) is 0 Å². The summed E-state index contributed by atoms with van der Waals surface area (Å²) < 4.78 is 4.21. The normalized spacial score (nSPS) is 20.2. The average molecular weight is 849 g/mol. The number of pyridine rings is 4. The van der Waals surface area contributed by atoms with Gasteiger partial charge < -0.3 is 0 Å². The fourth-order valence-corrected chi connectivity index (χ4v) is 12.0. The van der Waals surface area contributed by atoms with Crippen molar-refractivity contribution in [1.29, 1.82) is 0 Å². The molecule has 6 nitrogen and oxygen atoms in total. The van der Waals surface area contributed by atoms with Crippen LogP contribution >= 0.6 is 0 Å². The van der Waals surface area contributed by atoms with Gasteiger partial charge in [0.15, 0.2) is 7.05 Å². The molecule has 66 heavy (non-hydrogen) atoms. The van der Waals surface area contributed by atoms with Crippen molar-refractivity contribution in [2.24, 2.45) is 0 Å². The van der Waals surface area contributed by atoms with Crippen molar-refractivity contribution in [2.75, 3.05) is 7.05 Å². The molecule has 0 radical (unpaired) electrons. The maximum Gasteiger partial charge on any atom is 0.490 e. The molecular formula is C60H44N6+2. The predicted molar refractivity (Wildman–Crippen MR) is 259 cm³/mol. The van der Waals surface area contributed by atoms with Crippen LogP contribution in [0.1, 0.15) is 87.0 Å². The second-order valence-corrected chi connectivity index (χ2v) is 18.2. The van der Waals surface area contributed by atoms with Crippen LogP contribution in [-0.2, 0) is 16.4 Å². The molecule has 0 spiro atoms. The molecule has 0 saturated heterocycles. The molecule has 13 rings (SSSR count). The van der Waals surface area contributed by atoms with Crippen LogP contribution in [0.15, 0.2) is 207 Å². The second-order valence-electron chi connectivity index (χ2n) is 18.2. The van der Waals surface area contributed by atoms with E-state index < -0.39 is 16.4 Å². The van der Waals surface area contributed by atoms with Crippen molar-refractivity contribution in [3.05, 3.63) is 274 Å². The van der Waals surface area contributed by atoms with Crippen molar-refractivity contribution in [3.8, 4) is 33.4 Å². The fraction of sp³-hybridized carbons (Fsp3) is 0.117. The Bertz CT molecular complexity index is 3470. The van der Waals surface area contributed by atoms with Gasteiger partial charge in [0.05, 0.1) is 22.5 Å². The van der Waals surface area contributed by atoms with Gasteiger partial charge in [-0.3, -0.25) is 19.9 Å². The topological polar surface area (TPSA) is 57.6 Å². The van der Waals surface area contributed by atoms with E-state index in [4.69, 9.17) is 19.9 Å². The Morgan fingerprint density at radius 2 is 0.909 bits per heavy atom. The molecule has 3 atom stereocenters. The van der Waals surface area contributed by atoms with Crippen LogP contribution in [-0.4, -0.2) is 42.1 Å². The van der Waals surface area contributed by atoms with Gasteiger partial charge >= 0.3 is 6.01 Å². The van der Waals surface area contributed by atoms with E-state index in [2.05, 4.69) is 201 Å². The van der Waals surface area contributed by atoms with Gasteiger partial charge in [-0.2, -0.15) is 0 Å². The summed E-state index contributed by atoms with van der Waals surface area (Å²) in [7, 11) is 2.03. The number of aromatic nitrogens is 4. The molecule has 1 aliphatic heterocycles. The molecule has 6 heteroatoms. The van der Waals surface area contributed by atoms with Crippen LogP contribution in [0.2, 0.25) is 0 Å². The monoisotopic (exact) mass is 848 g/mol. The van der Waals surface area contributed by atoms with Gasteiger partial charge in [0.2, 0.25) is 12.4 Å². The van der Waals surface area contributed by atoms with Crippen LogP contribution in [0, 0.1) is 0 Å². The zero-order valence-corrected chi connectivity index (χ0v) is 36.9. The Labute approximate surface area is 384 Å². The van der Waals surface area contributed by atoms with E-state index in [1.807, 2.05) is 42.5 Å². The lowest BCUT2D eigenvalue weighted by Crippen LogP contribution is -2.39. The minimum Gasteiger partial charge on any atom is -0.260 e. The van der Waals surface area contributed by atoms with Crippen LogP contribution in [0.3, 0.4) is 0 Å². The van der Waals surface area contributed by atoms with Crippen molar-refractivity contribution in [1.82, 2.24) is 19.9 Å². The number of fused-ring (bicyclic) bond motifs is 9. The van der Waals surface area contributed by atoms with E-state index in [-0.39, 0.29) is 0 Å². The highest BCUT2D eigenvalue weighted by Gasteiger charge is 2.58. The molecule has 0 bridgehead atoms. The van der Waals surface area contributed by atoms with Crippen molar-refractivity contribution in [2.45, 2.75) is 36.1 Å². The highest BCUT2D eigenvalue weighted by Crippen LogP contribution is 2.60. The Balaban J connectivity index is 1.14. The average Bonchev–Trinajstić information content (AvgIpc) is 4.11. The molecule has 9 aromatic rings. The van der Waals surface area contributed by atoms with Crippen LogP contribution < -0.4 is 0 Å². The number of hydrogen-bond acceptors (Lipinski definition) is 4. The van der Waals surface area contributed by atoms with E-state index >= 15 is 0 Å². The van der Waals surface area contributed by atoms with E-state index in [9.17, 15) is 0 Å². The lowest BCUT2D eigenvalue weighted by Gasteiger charge is -2.36. The first kappa shape index (κ1) is 38.3. The van der Waals surface area contributed by atoms with Gasteiger partial charge in [0.1, 0.15) is 11.1 Å². The maximum absolute atomic E-state index is 5.41. The SMILES string of the molecule is CC(C)c1ccnc(C2(c3cccc(C4(c5cccc(C6([N+]7=C=[N+](C)C=C7)c7ccccc7-c7cccnc76)c5)c5ccccc5-c5cccnc54)c3)c3ccccc3-c3cccnc32)c1. The summed E-state index contributed by atoms with van der Waals surface area (Å²) in [5, 5.41) is 0. The van der Waals surface area contributed by atoms with Gasteiger partial charge in [0.25, 0.3) is 5.54 Å². The third kappa shape index (κ3) is 4.91. The zero-order chi connectivity index (χ0) is 44.2. The first-order valence-electron chi connectivity index (χ1n) is 22.8. The quantitative estimate of drug-likeness (QED) is 0.150. The summed E-state index contributed by atoms with van der Waals surface area (Å²) in [5.41, 5.74) is 17.5. The van der Waals surface area contributed by atoms with Crippen LogP contribution in [0.5, 0.6) is 0 Å². The lowest BCUT2D eigenvalue weighted by molar-refractivity contribution is -0.534. The lowest BCUT2D eigenvalue weighted by atomic mass is 9.65. The largest absolute Gasteiger partial charge is 0.490 e. The number of rotatable bonds is 7. The zero-order valence-electron chi connectivity index (χ0n) is 36.9. The summed E-state index contributed by atoms with van der Waals surface area (Å²) in [4.78, 5) is 21.2. The summed E-state index contributed by atoms with van der Waals surface area (Å²) in [5.74, 6) is 0.312. The van der Waals surface area contributed by atoms with Crippen molar-refractivity contribution < 1.29 is 9.15 Å². The Kier molecular flexibility index (Phi) is 8.22. The standard InChI is InChI=1S/C60H44N6/c1-39(2)40-28-32-61-54(35-40)59(52-26-8-5-20-46(52)49-23-13-30-63-56(49)59)43-17-10-15-41(36-43)58(51-25-7-4-19-45(51)48-22-12-29-62-55(48)58)42-16-11-18-44(37-42)60(66-34-33-65(3)38-66)53-27-9-6-21-47(53)50-24-14-31-64-57(50)60/h4-37,39H,1-3H3/q+2. The number of nitrogens with zero attached hydrogens (tertiary/aromatic N) is 6. The summed E-state index contributed by atoms with van der Waals surface area (Å²) in [6.07, 6.45) is 12.0. The smallest absolute Gasteiger partial charge is 0.260 e. The third-order valence-electron chi connectivity index (χ3n) is 14.7. The Hall–Kier alpha value is -8.18. The minimum absolute atomic E-state index is 0.312. The van der Waals surface area contributed by atoms with Gasteiger partial charge in [-0.1, -0.05) is 156 Å². The highest BCUT2D eigenvalue weighted by atomic mass is 15.2. The maximum atomic E-state index is 5.41. The Morgan fingerprint density at radius 1 is 0.424 bits per heavy atom. The van der Waals surface area contributed by atoms with E-state index in [1.54, 1.807) is 0 Å². The molecule has 0 N–H and O–H groups in total. The molecule has 0 saturated carbocycles. The summed E-state index contributed by atoms with van der Waals surface area (Å²) in [6.45, 7) is 4.50. The third-order valence-corrected chi connectivity index (χ3v) is 14.7. The highest BCUT2D eigenvalue weighted by molar-refractivity contribution is 5.88. The van der Waals surface area contributed by atoms with Crippen molar-refractivity contribution in [3.63, 3.8) is 0 Å². The molecule has 0 fully saturated rings. The molecule has 3 unspecified atom stereocenters. The van der Waals surface area contributed by atoms with Gasteiger partial charge in [-0.25, -0.2) is 0 Å². The second kappa shape index (κ2) is 14.2. The van der Waals surface area contributed by atoms with E-state index in [0.717, 1.165) is 67.3 Å². The fourth-order valence-electron chi connectivity index (χ4n) is 12.0. The van der Waals surface area contributed by atoms with Crippen LogP contribution in [0.25, 0.3) is 33.4 Å². The number of hydrogen-bond donors (Lipinski definition) is 0. The molecular weight excluding hydrogens is 805 g/mol. The van der Waals surface area contributed by atoms with Gasteiger partial charge in [0, 0.05) is 52.6 Å². The summed E-state index contributed by atoms with van der Waals surface area (Å²) >= 11 is 0. The van der Waals surface area contributed by atoms with Gasteiger partial charge in [-0.05, 0) is 92.4 Å². The molecule has 0 amide bonds. The predicted octanol–water partition coefficient (Wildman–Crippen LogP) is 11.7. The van der Waals surface area contributed by atoms with Gasteiger partial charge in [-0.15, -0.1) is 0 Å². The minimum atomic E-state index is -0.837. The molecule has 4 aromatic heterocycles. The van der Waals surface area contributed by atoms with E-state index in [0.29, 0.717) is 5.92 Å². The number of benzene rings is 5. The molecule has 312 valence electrons. The molecule has 3 aliphatic carbocycles. The first-order chi connectivity index (χ1) is 32.5. The first-order valence-corrected chi connectivity index (χ1v) is 22.8. The molecule has 4 aliphatic rings.